The quantitative estimate of drug-likeness (QED) is 0.625. The van der Waals surface area contributed by atoms with Gasteiger partial charge in [-0.25, -0.2) is 14.3 Å². The van der Waals surface area contributed by atoms with Crippen molar-refractivity contribution in [2.45, 2.75) is 62.0 Å². The fraction of sp³-hybridized carbons (Fsp3) is 0.696. The van der Waals surface area contributed by atoms with E-state index in [4.69, 9.17) is 14.2 Å². The number of amides is 1. The molecule has 0 radical (unpaired) electrons. The Morgan fingerprint density at radius 2 is 2.09 bits per heavy atom. The molecule has 0 unspecified atom stereocenters. The van der Waals surface area contributed by atoms with Gasteiger partial charge in [0, 0.05) is 19.6 Å². The van der Waals surface area contributed by atoms with Crippen molar-refractivity contribution < 1.29 is 19.0 Å². The predicted molar refractivity (Wildman–Crippen MR) is 125 cm³/mol. The molecule has 33 heavy (non-hydrogen) atoms. The number of thioether (sulfide) groups is 1. The molecular weight excluding hydrogens is 442 g/mol. The van der Waals surface area contributed by atoms with E-state index in [-0.39, 0.29) is 23.9 Å². The van der Waals surface area contributed by atoms with Gasteiger partial charge >= 0.3 is 6.09 Å². The van der Waals surface area contributed by atoms with Crippen molar-refractivity contribution in [3.05, 3.63) is 24.2 Å². The molecule has 3 aliphatic heterocycles. The molecule has 3 saturated heterocycles. The van der Waals surface area contributed by atoms with Gasteiger partial charge in [0.05, 0.1) is 37.0 Å². The van der Waals surface area contributed by atoms with E-state index in [9.17, 15) is 4.79 Å². The summed E-state index contributed by atoms with van der Waals surface area (Å²) >= 11 is 1.63. The number of morpholine rings is 1. The Morgan fingerprint density at radius 1 is 1.27 bits per heavy atom. The van der Waals surface area contributed by atoms with Gasteiger partial charge in [-0.1, -0.05) is 0 Å². The molecule has 9 nitrogen and oxygen atoms in total. The smallest absolute Gasteiger partial charge is 0.410 e. The first-order chi connectivity index (χ1) is 15.8. The molecule has 3 fully saturated rings. The zero-order chi connectivity index (χ0) is 23.2. The number of fused-ring (bicyclic) bond motifs is 1. The van der Waals surface area contributed by atoms with E-state index < -0.39 is 5.60 Å². The van der Waals surface area contributed by atoms with E-state index in [1.807, 2.05) is 31.5 Å². The van der Waals surface area contributed by atoms with Gasteiger partial charge < -0.3 is 19.1 Å². The van der Waals surface area contributed by atoms with Gasteiger partial charge in [-0.15, -0.1) is 11.8 Å². The second kappa shape index (κ2) is 8.72. The van der Waals surface area contributed by atoms with E-state index in [2.05, 4.69) is 27.1 Å². The highest BCUT2D eigenvalue weighted by atomic mass is 32.2. The summed E-state index contributed by atoms with van der Waals surface area (Å²) in [6.45, 7) is 10.1. The monoisotopic (exact) mass is 475 g/mol. The lowest BCUT2D eigenvalue weighted by Crippen LogP contribution is -2.71. The summed E-state index contributed by atoms with van der Waals surface area (Å²) in [7, 11) is 0. The van der Waals surface area contributed by atoms with Crippen LogP contribution in [0.3, 0.4) is 0 Å². The summed E-state index contributed by atoms with van der Waals surface area (Å²) in [5, 5.41) is 5.44. The number of aromatic nitrogens is 3. The van der Waals surface area contributed by atoms with Gasteiger partial charge in [0.2, 0.25) is 0 Å². The van der Waals surface area contributed by atoms with Crippen molar-refractivity contribution in [1.29, 1.82) is 0 Å². The first-order valence-corrected chi connectivity index (χ1v) is 12.8. The third-order valence-electron chi connectivity index (χ3n) is 6.48. The molecular formula is C23H33N5O4S. The first-order valence-electron chi connectivity index (χ1n) is 11.6. The van der Waals surface area contributed by atoms with Crippen LogP contribution in [0.25, 0.3) is 5.52 Å². The number of hydrogen-bond acceptors (Lipinski definition) is 8. The fourth-order valence-electron chi connectivity index (χ4n) is 5.05. The minimum Gasteiger partial charge on any atom is -0.444 e. The largest absolute Gasteiger partial charge is 0.444 e. The van der Waals surface area contributed by atoms with Crippen LogP contribution in [-0.4, -0.2) is 93.4 Å². The minimum atomic E-state index is -0.482. The zero-order valence-electron chi connectivity index (χ0n) is 19.8. The molecule has 0 N–H and O–H groups in total. The average molecular weight is 476 g/mol. The first kappa shape index (κ1) is 22.9. The van der Waals surface area contributed by atoms with Crippen LogP contribution in [0.15, 0.2) is 23.5 Å². The number of hydrogen-bond donors (Lipinski definition) is 0. The van der Waals surface area contributed by atoms with Crippen molar-refractivity contribution in [2.24, 2.45) is 0 Å². The summed E-state index contributed by atoms with van der Waals surface area (Å²) in [5.74, 6) is 0. The maximum Gasteiger partial charge on any atom is 0.410 e. The Bertz CT molecular complexity index is 1020. The van der Waals surface area contributed by atoms with Crippen LogP contribution in [0.1, 0.15) is 45.4 Å². The number of ether oxygens (including phenoxy) is 3. The van der Waals surface area contributed by atoms with Crippen LogP contribution >= 0.6 is 11.8 Å². The third-order valence-corrected chi connectivity index (χ3v) is 7.18. The number of carbonyl (C=O) groups is 1. The molecule has 3 aliphatic rings. The zero-order valence-corrected chi connectivity index (χ0v) is 20.6. The maximum absolute atomic E-state index is 12.3. The van der Waals surface area contributed by atoms with Gasteiger partial charge in [0.15, 0.2) is 0 Å². The second-order valence-electron chi connectivity index (χ2n) is 10.3. The summed E-state index contributed by atoms with van der Waals surface area (Å²) < 4.78 is 20.0. The summed E-state index contributed by atoms with van der Waals surface area (Å²) in [5.41, 5.74) is 1.36. The summed E-state index contributed by atoms with van der Waals surface area (Å²) in [6, 6.07) is 4.19. The summed E-state index contributed by atoms with van der Waals surface area (Å²) in [6.07, 6.45) is 5.61. The van der Waals surface area contributed by atoms with Crippen LogP contribution in [0.2, 0.25) is 0 Å². The Kier molecular flexibility index (Phi) is 6.05. The molecule has 0 bridgehead atoms. The molecule has 180 valence electrons. The lowest BCUT2D eigenvalue weighted by atomic mass is 9.92. The van der Waals surface area contributed by atoms with Crippen LogP contribution < -0.4 is 0 Å². The van der Waals surface area contributed by atoms with Crippen LogP contribution in [0.4, 0.5) is 4.79 Å². The average Bonchev–Trinajstić information content (AvgIpc) is 3.37. The molecule has 1 spiro atoms. The maximum atomic E-state index is 12.3. The van der Waals surface area contributed by atoms with Crippen LogP contribution in [-0.2, 0) is 14.2 Å². The molecule has 2 aromatic heterocycles. The van der Waals surface area contributed by atoms with Crippen LogP contribution in [0, 0.1) is 0 Å². The third kappa shape index (κ3) is 4.71. The van der Waals surface area contributed by atoms with Crippen molar-refractivity contribution in [3.63, 3.8) is 0 Å². The highest BCUT2D eigenvalue weighted by Gasteiger charge is 2.50. The van der Waals surface area contributed by atoms with Gasteiger partial charge in [0.25, 0.3) is 0 Å². The topological polar surface area (TPSA) is 81.4 Å². The summed E-state index contributed by atoms with van der Waals surface area (Å²) in [4.78, 5) is 20.8. The molecule has 1 amide bonds. The second-order valence-corrected chi connectivity index (χ2v) is 11.0. The van der Waals surface area contributed by atoms with Crippen molar-refractivity contribution in [2.75, 3.05) is 45.6 Å². The highest BCUT2D eigenvalue weighted by Crippen LogP contribution is 2.36. The number of carbonyl (C=O) groups excluding carboxylic acids is 1. The van der Waals surface area contributed by atoms with E-state index in [1.54, 1.807) is 23.0 Å². The Labute approximate surface area is 198 Å². The normalized spacial score (nSPS) is 25.5. The molecule has 2 aromatic rings. The Morgan fingerprint density at radius 3 is 2.85 bits per heavy atom. The van der Waals surface area contributed by atoms with E-state index in [1.165, 1.54) is 0 Å². The minimum absolute atomic E-state index is 0.0449. The SMILES string of the molecule is CSc1ncnn2c([C@H]3CC[C@@H](CN4CCOC5(C4)CN(C(=O)OC(C)(C)C)C5)O3)ccc12. The molecule has 2 atom stereocenters. The lowest BCUT2D eigenvalue weighted by Gasteiger charge is -2.53. The van der Waals surface area contributed by atoms with E-state index in [0.29, 0.717) is 19.7 Å². The standard InChI is InChI=1S/C23H33N5O4S/c1-22(2,3)32-21(29)27-13-23(14-27)12-26(9-10-30-23)11-16-5-8-19(31-16)17-6-7-18-20(33-4)24-15-25-28(17)18/h6-7,15-16,19H,5,8-14H2,1-4H3/t16-,19+/m0/s1. The number of rotatable bonds is 4. The predicted octanol–water partition coefficient (Wildman–Crippen LogP) is 2.99. The van der Waals surface area contributed by atoms with Crippen molar-refractivity contribution in [3.8, 4) is 0 Å². The number of likely N-dealkylation sites (tertiary alicyclic amines) is 1. The van der Waals surface area contributed by atoms with Gasteiger partial charge in [-0.2, -0.15) is 5.10 Å². The number of nitrogens with zero attached hydrogens (tertiary/aromatic N) is 5. The molecule has 5 rings (SSSR count). The fourth-order valence-corrected chi connectivity index (χ4v) is 5.57. The van der Waals surface area contributed by atoms with Crippen LogP contribution in [0.5, 0.6) is 0 Å². The van der Waals surface area contributed by atoms with Gasteiger partial charge in [0.1, 0.15) is 28.7 Å². The van der Waals surface area contributed by atoms with E-state index in [0.717, 1.165) is 48.7 Å². The molecule has 5 heterocycles. The van der Waals surface area contributed by atoms with E-state index >= 15 is 0 Å². The Hall–Kier alpha value is -1.88. The Balaban J connectivity index is 1.16. The van der Waals surface area contributed by atoms with Crippen molar-refractivity contribution >= 4 is 23.4 Å². The molecule has 0 aromatic carbocycles. The highest BCUT2D eigenvalue weighted by molar-refractivity contribution is 7.98. The van der Waals surface area contributed by atoms with Crippen molar-refractivity contribution in [1.82, 2.24) is 24.4 Å². The lowest BCUT2D eigenvalue weighted by molar-refractivity contribution is -0.181. The molecule has 0 saturated carbocycles. The van der Waals surface area contributed by atoms with Gasteiger partial charge in [-0.3, -0.25) is 4.90 Å². The van der Waals surface area contributed by atoms with Gasteiger partial charge in [-0.05, 0) is 52.0 Å². The molecule has 10 heteroatoms. The molecule has 0 aliphatic carbocycles.